The number of aliphatic hydroxyl groups is 1. The van der Waals surface area contributed by atoms with E-state index in [1.165, 1.54) is 50.5 Å². The minimum Gasteiger partial charge on any atom is -0.445 e. The lowest BCUT2D eigenvalue weighted by Crippen LogP contribution is -2.57. The first-order chi connectivity index (χ1) is 16.6. The van der Waals surface area contributed by atoms with Crippen LogP contribution in [0.3, 0.4) is 0 Å². The zero-order valence-corrected chi connectivity index (χ0v) is 23.0. The van der Waals surface area contributed by atoms with Crippen LogP contribution < -0.4 is 11.1 Å². The van der Waals surface area contributed by atoms with Gasteiger partial charge in [0.05, 0.1) is 6.10 Å². The number of carbonyl (C=O) groups is 1. The van der Waals surface area contributed by atoms with Gasteiger partial charge in [0.15, 0.2) is 0 Å². The van der Waals surface area contributed by atoms with Gasteiger partial charge in [-0.25, -0.2) is 4.79 Å². The molecule has 9 atom stereocenters. The molecule has 3 saturated carbocycles. The number of fused-ring (bicyclic) bond motifs is 5. The number of carbonyl (C=O) groups excluding carboxylic acids is 1. The highest BCUT2D eigenvalue weighted by Gasteiger charge is 2.61. The summed E-state index contributed by atoms with van der Waals surface area (Å²) in [6.07, 6.45) is 13.0. The van der Waals surface area contributed by atoms with Gasteiger partial charge in [-0.05, 0) is 79.4 Å². The second-order valence-electron chi connectivity index (χ2n) is 13.4. The molecule has 0 spiro atoms. The summed E-state index contributed by atoms with van der Waals surface area (Å²) in [5.74, 6) is 4.38. The maximum absolute atomic E-state index is 12.5. The van der Waals surface area contributed by atoms with Crippen molar-refractivity contribution in [2.75, 3.05) is 13.1 Å². The molecular formula is C30H52N2O3. The minimum atomic E-state index is -0.436. The van der Waals surface area contributed by atoms with Gasteiger partial charge in [-0.15, -0.1) is 0 Å². The molecule has 0 aromatic heterocycles. The summed E-state index contributed by atoms with van der Waals surface area (Å²) in [4.78, 5) is 12.5. The number of aliphatic hydroxyl groups excluding tert-OH is 1. The van der Waals surface area contributed by atoms with Crippen LogP contribution in [0.25, 0.3) is 0 Å². The van der Waals surface area contributed by atoms with Gasteiger partial charge in [0.1, 0.15) is 6.10 Å². The Morgan fingerprint density at radius 3 is 2.69 bits per heavy atom. The third kappa shape index (κ3) is 5.06. The van der Waals surface area contributed by atoms with Crippen LogP contribution in [0.1, 0.15) is 98.8 Å². The second kappa shape index (κ2) is 10.7. The Labute approximate surface area is 214 Å². The van der Waals surface area contributed by atoms with Crippen molar-refractivity contribution in [3.05, 3.63) is 11.6 Å². The molecule has 4 aliphatic carbocycles. The zero-order chi connectivity index (χ0) is 25.4. The lowest BCUT2D eigenvalue weighted by molar-refractivity contribution is -0.110. The standard InChI is InChI=1S/C30H52N2O3/c1-19(2)7-6-8-20(3)24-11-12-25-23-10-9-21-17-22(33)18-27(35-28(34)32-16-15-31)30(21,5)26(23)13-14-29(24,25)4/h9,19-20,22-27,33H,6-8,10-18,31H2,1-5H3,(H,32,34)/t20-,22-,23+,24-,25+,26+,27?,29-,30+/m1/s1. The van der Waals surface area contributed by atoms with E-state index >= 15 is 0 Å². The Kier molecular flexibility index (Phi) is 8.27. The first kappa shape index (κ1) is 27.0. The Morgan fingerprint density at radius 2 is 1.97 bits per heavy atom. The number of hydrogen-bond acceptors (Lipinski definition) is 4. The van der Waals surface area contributed by atoms with E-state index in [1.54, 1.807) is 0 Å². The van der Waals surface area contributed by atoms with E-state index < -0.39 is 12.2 Å². The Morgan fingerprint density at radius 1 is 1.20 bits per heavy atom. The summed E-state index contributed by atoms with van der Waals surface area (Å²) < 4.78 is 6.04. The van der Waals surface area contributed by atoms with E-state index in [2.05, 4.69) is 46.0 Å². The molecule has 1 amide bonds. The molecule has 35 heavy (non-hydrogen) atoms. The fourth-order valence-corrected chi connectivity index (χ4v) is 9.22. The van der Waals surface area contributed by atoms with Crippen molar-refractivity contribution in [3.63, 3.8) is 0 Å². The maximum atomic E-state index is 12.5. The number of ether oxygens (including phenoxy) is 1. The summed E-state index contributed by atoms with van der Waals surface area (Å²) in [5, 5.41) is 13.4. The molecule has 3 fully saturated rings. The predicted octanol–water partition coefficient (Wildman–Crippen LogP) is 6.05. The van der Waals surface area contributed by atoms with Crippen LogP contribution in [-0.2, 0) is 4.74 Å². The van der Waals surface area contributed by atoms with Gasteiger partial charge < -0.3 is 20.9 Å². The first-order valence-corrected chi connectivity index (χ1v) is 14.6. The SMILES string of the molecule is CC(C)CCC[C@@H](C)[C@H]1CC[C@H]2[C@@H]3CC=C4C[C@@H](O)CC(OC(=O)NCCN)[C@]4(C)[C@H]3CC[C@]12C. The number of nitrogens with two attached hydrogens (primary N) is 1. The fourth-order valence-electron chi connectivity index (χ4n) is 9.22. The maximum Gasteiger partial charge on any atom is 0.407 e. The van der Waals surface area contributed by atoms with Gasteiger partial charge in [0.25, 0.3) is 0 Å². The van der Waals surface area contributed by atoms with Crippen LogP contribution >= 0.6 is 0 Å². The molecule has 4 aliphatic rings. The fraction of sp³-hybridized carbons (Fsp3) is 0.900. The topological polar surface area (TPSA) is 84.6 Å². The molecule has 0 aliphatic heterocycles. The number of amides is 1. The third-order valence-corrected chi connectivity index (χ3v) is 11.0. The second-order valence-corrected chi connectivity index (χ2v) is 13.4. The molecule has 0 radical (unpaired) electrons. The largest absolute Gasteiger partial charge is 0.445 e. The van der Waals surface area contributed by atoms with Gasteiger partial charge in [-0.3, -0.25) is 0 Å². The van der Waals surface area contributed by atoms with Gasteiger partial charge in [-0.1, -0.05) is 65.5 Å². The quantitative estimate of drug-likeness (QED) is 0.363. The van der Waals surface area contributed by atoms with Gasteiger partial charge in [0.2, 0.25) is 0 Å². The summed E-state index contributed by atoms with van der Waals surface area (Å²) in [6, 6.07) is 0. The van der Waals surface area contributed by atoms with Crippen LogP contribution in [-0.4, -0.2) is 36.5 Å². The van der Waals surface area contributed by atoms with E-state index in [4.69, 9.17) is 10.5 Å². The summed E-state index contributed by atoms with van der Waals surface area (Å²) in [6.45, 7) is 13.0. The first-order valence-electron chi connectivity index (χ1n) is 14.6. The monoisotopic (exact) mass is 488 g/mol. The molecular weight excluding hydrogens is 436 g/mol. The van der Waals surface area contributed by atoms with Gasteiger partial charge in [-0.2, -0.15) is 0 Å². The van der Waals surface area contributed by atoms with Gasteiger partial charge >= 0.3 is 6.09 Å². The Bertz CT molecular complexity index is 782. The van der Waals surface area contributed by atoms with Crippen molar-refractivity contribution in [1.82, 2.24) is 5.32 Å². The molecule has 0 aromatic carbocycles. The van der Waals surface area contributed by atoms with Crippen molar-refractivity contribution in [1.29, 1.82) is 0 Å². The average Bonchev–Trinajstić information content (AvgIpc) is 3.15. The van der Waals surface area contributed by atoms with Crippen molar-refractivity contribution in [3.8, 4) is 0 Å². The molecule has 5 heteroatoms. The van der Waals surface area contributed by atoms with Crippen LogP contribution in [0.15, 0.2) is 11.6 Å². The number of nitrogens with one attached hydrogen (secondary N) is 1. The average molecular weight is 489 g/mol. The van der Waals surface area contributed by atoms with E-state index in [1.807, 2.05) is 0 Å². The third-order valence-electron chi connectivity index (χ3n) is 11.0. The van der Waals surface area contributed by atoms with Gasteiger partial charge in [0, 0.05) is 24.9 Å². The summed E-state index contributed by atoms with van der Waals surface area (Å²) in [5.41, 5.74) is 7.15. The molecule has 0 heterocycles. The molecule has 4 N–H and O–H groups in total. The number of rotatable bonds is 8. The normalized spacial score (nSPS) is 41.4. The lowest BCUT2D eigenvalue weighted by atomic mass is 9.46. The van der Waals surface area contributed by atoms with Crippen LogP contribution in [0.5, 0.6) is 0 Å². The molecule has 0 aromatic rings. The predicted molar refractivity (Wildman–Crippen MR) is 142 cm³/mol. The van der Waals surface area contributed by atoms with Crippen molar-refractivity contribution >= 4 is 6.09 Å². The highest BCUT2D eigenvalue weighted by Crippen LogP contribution is 2.67. The highest BCUT2D eigenvalue weighted by molar-refractivity contribution is 5.67. The summed E-state index contributed by atoms with van der Waals surface area (Å²) in [7, 11) is 0. The Hall–Kier alpha value is -1.07. The van der Waals surface area contributed by atoms with Crippen molar-refractivity contribution < 1.29 is 14.6 Å². The molecule has 0 bridgehead atoms. The molecule has 0 saturated heterocycles. The Balaban J connectivity index is 1.52. The van der Waals surface area contributed by atoms with Crippen LogP contribution in [0.4, 0.5) is 4.79 Å². The minimum absolute atomic E-state index is 0.176. The van der Waals surface area contributed by atoms with Crippen molar-refractivity contribution in [2.24, 2.45) is 52.1 Å². The molecule has 4 rings (SSSR count). The van der Waals surface area contributed by atoms with E-state index in [0.717, 1.165) is 36.5 Å². The smallest absolute Gasteiger partial charge is 0.407 e. The number of allylic oxidation sites excluding steroid dienone is 1. The van der Waals surface area contributed by atoms with Crippen LogP contribution in [0.2, 0.25) is 0 Å². The zero-order valence-electron chi connectivity index (χ0n) is 23.0. The lowest BCUT2D eigenvalue weighted by Gasteiger charge is -2.60. The van der Waals surface area contributed by atoms with Crippen LogP contribution in [0, 0.1) is 46.3 Å². The van der Waals surface area contributed by atoms with E-state index in [-0.39, 0.29) is 11.5 Å². The highest BCUT2D eigenvalue weighted by atomic mass is 16.6. The number of hydrogen-bond donors (Lipinski definition) is 3. The van der Waals surface area contributed by atoms with Crippen molar-refractivity contribution in [2.45, 2.75) is 111 Å². The van der Waals surface area contributed by atoms with E-state index in [9.17, 15) is 9.90 Å². The molecule has 1 unspecified atom stereocenters. The summed E-state index contributed by atoms with van der Waals surface area (Å²) >= 11 is 0. The number of alkyl carbamates (subject to hydrolysis) is 1. The van der Waals surface area contributed by atoms with E-state index in [0.29, 0.717) is 36.8 Å². The molecule has 200 valence electrons. The molecule has 5 nitrogen and oxygen atoms in total.